The van der Waals surface area contributed by atoms with E-state index in [2.05, 4.69) is 15.5 Å². The molecule has 2 rings (SSSR count). The largest absolute Gasteiger partial charge is 0.326 e. The SMILES string of the molecule is CCC(=O)Nc1ccc(-c2n[nH]c(=S)n2C)cc1. The molecule has 6 heteroatoms. The second-order valence-corrected chi connectivity index (χ2v) is 4.28. The maximum atomic E-state index is 11.2. The number of carbonyl (C=O) groups excluding carboxylic acids is 1. The number of hydrogen-bond donors (Lipinski definition) is 2. The lowest BCUT2D eigenvalue weighted by atomic mass is 10.2. The minimum atomic E-state index is 0.000851. The van der Waals surface area contributed by atoms with Gasteiger partial charge in [0.25, 0.3) is 0 Å². The standard InChI is InChI=1S/C12H14N4OS/c1-3-10(17)13-9-6-4-8(5-7-9)11-14-15-12(18)16(11)2/h4-7H,3H2,1-2H3,(H,13,17)(H,15,18). The van der Waals surface area contributed by atoms with E-state index in [4.69, 9.17) is 12.2 Å². The molecule has 0 fully saturated rings. The van der Waals surface area contributed by atoms with Gasteiger partial charge in [0.05, 0.1) is 0 Å². The molecule has 1 aromatic carbocycles. The summed E-state index contributed by atoms with van der Waals surface area (Å²) in [5, 5.41) is 9.68. The van der Waals surface area contributed by atoms with Crippen LogP contribution in [0.5, 0.6) is 0 Å². The van der Waals surface area contributed by atoms with Crippen LogP contribution in [0.15, 0.2) is 24.3 Å². The van der Waals surface area contributed by atoms with Gasteiger partial charge in [0.1, 0.15) is 0 Å². The fraction of sp³-hybridized carbons (Fsp3) is 0.250. The summed E-state index contributed by atoms with van der Waals surface area (Å²) in [6.07, 6.45) is 0.468. The van der Waals surface area contributed by atoms with Crippen molar-refractivity contribution in [3.8, 4) is 11.4 Å². The zero-order valence-electron chi connectivity index (χ0n) is 10.2. The van der Waals surface area contributed by atoms with Crippen LogP contribution in [-0.4, -0.2) is 20.7 Å². The topological polar surface area (TPSA) is 62.7 Å². The summed E-state index contributed by atoms with van der Waals surface area (Å²) in [4.78, 5) is 11.2. The zero-order chi connectivity index (χ0) is 13.1. The van der Waals surface area contributed by atoms with Gasteiger partial charge >= 0.3 is 0 Å². The lowest BCUT2D eigenvalue weighted by Gasteiger charge is -2.05. The Labute approximate surface area is 110 Å². The smallest absolute Gasteiger partial charge is 0.224 e. The fourth-order valence-electron chi connectivity index (χ4n) is 1.56. The summed E-state index contributed by atoms with van der Waals surface area (Å²) in [7, 11) is 1.86. The lowest BCUT2D eigenvalue weighted by Crippen LogP contribution is -2.09. The molecule has 0 saturated heterocycles. The van der Waals surface area contributed by atoms with E-state index < -0.39 is 0 Å². The Hall–Kier alpha value is -1.95. The van der Waals surface area contributed by atoms with Crippen molar-refractivity contribution in [1.29, 1.82) is 0 Å². The van der Waals surface area contributed by atoms with E-state index in [0.717, 1.165) is 17.1 Å². The van der Waals surface area contributed by atoms with Gasteiger partial charge in [0, 0.05) is 24.7 Å². The van der Waals surface area contributed by atoms with Crippen LogP contribution in [-0.2, 0) is 11.8 Å². The van der Waals surface area contributed by atoms with E-state index >= 15 is 0 Å². The third kappa shape index (κ3) is 2.48. The van der Waals surface area contributed by atoms with Gasteiger partial charge in [-0.05, 0) is 36.5 Å². The van der Waals surface area contributed by atoms with Crippen molar-refractivity contribution in [2.45, 2.75) is 13.3 Å². The Morgan fingerprint density at radius 2 is 2.11 bits per heavy atom. The van der Waals surface area contributed by atoms with Crippen LogP contribution < -0.4 is 5.32 Å². The highest BCUT2D eigenvalue weighted by molar-refractivity contribution is 7.71. The van der Waals surface area contributed by atoms with E-state index in [-0.39, 0.29) is 5.91 Å². The van der Waals surface area contributed by atoms with Crippen LogP contribution in [0.25, 0.3) is 11.4 Å². The van der Waals surface area contributed by atoms with E-state index in [1.54, 1.807) is 4.57 Å². The number of hydrogen-bond acceptors (Lipinski definition) is 3. The van der Waals surface area contributed by atoms with Crippen molar-refractivity contribution in [2.75, 3.05) is 5.32 Å². The predicted molar refractivity (Wildman–Crippen MR) is 72.7 cm³/mol. The van der Waals surface area contributed by atoms with Crippen LogP contribution >= 0.6 is 12.2 Å². The molecule has 0 aliphatic rings. The molecule has 94 valence electrons. The highest BCUT2D eigenvalue weighted by atomic mass is 32.1. The highest BCUT2D eigenvalue weighted by Gasteiger charge is 2.05. The maximum Gasteiger partial charge on any atom is 0.224 e. The number of aromatic amines is 1. The van der Waals surface area contributed by atoms with Gasteiger partial charge in [-0.25, -0.2) is 0 Å². The Morgan fingerprint density at radius 3 is 2.61 bits per heavy atom. The Balaban J connectivity index is 2.25. The average Bonchev–Trinajstić information content (AvgIpc) is 2.71. The van der Waals surface area contributed by atoms with Crippen molar-refractivity contribution in [3.63, 3.8) is 0 Å². The Morgan fingerprint density at radius 1 is 1.44 bits per heavy atom. The van der Waals surface area contributed by atoms with Crippen LogP contribution in [0.4, 0.5) is 5.69 Å². The van der Waals surface area contributed by atoms with Crippen LogP contribution in [0.2, 0.25) is 0 Å². The molecule has 0 aliphatic carbocycles. The maximum absolute atomic E-state index is 11.2. The van der Waals surface area contributed by atoms with Crippen molar-refractivity contribution in [2.24, 2.45) is 7.05 Å². The molecule has 2 N–H and O–H groups in total. The van der Waals surface area contributed by atoms with Gasteiger partial charge in [-0.1, -0.05) is 6.92 Å². The first-order valence-corrected chi connectivity index (χ1v) is 6.04. The van der Waals surface area contributed by atoms with E-state index in [9.17, 15) is 4.79 Å². The lowest BCUT2D eigenvalue weighted by molar-refractivity contribution is -0.115. The summed E-state index contributed by atoms with van der Waals surface area (Å²) in [6, 6.07) is 7.49. The number of amides is 1. The number of anilines is 1. The summed E-state index contributed by atoms with van der Waals surface area (Å²) in [6.45, 7) is 1.82. The number of nitrogens with one attached hydrogen (secondary N) is 2. The van der Waals surface area contributed by atoms with Gasteiger partial charge in [0.2, 0.25) is 5.91 Å². The van der Waals surface area contributed by atoms with Gasteiger partial charge in [-0.15, -0.1) is 0 Å². The fourth-order valence-corrected chi connectivity index (χ4v) is 1.69. The van der Waals surface area contributed by atoms with Crippen molar-refractivity contribution >= 4 is 23.8 Å². The number of nitrogens with zero attached hydrogens (tertiary/aromatic N) is 2. The first kappa shape index (κ1) is 12.5. The monoisotopic (exact) mass is 262 g/mol. The van der Waals surface area contributed by atoms with E-state index in [1.807, 2.05) is 38.2 Å². The molecular weight excluding hydrogens is 248 g/mol. The number of carbonyl (C=O) groups is 1. The van der Waals surface area contributed by atoms with Crippen molar-refractivity contribution < 1.29 is 4.79 Å². The van der Waals surface area contributed by atoms with Crippen molar-refractivity contribution in [3.05, 3.63) is 29.0 Å². The molecule has 0 saturated carbocycles. The number of rotatable bonds is 3. The molecule has 2 aromatic rings. The number of benzene rings is 1. The average molecular weight is 262 g/mol. The number of H-pyrrole nitrogens is 1. The van der Waals surface area contributed by atoms with Crippen LogP contribution in [0.1, 0.15) is 13.3 Å². The molecule has 1 heterocycles. The summed E-state index contributed by atoms with van der Waals surface area (Å²) in [5.41, 5.74) is 1.72. The molecule has 0 unspecified atom stereocenters. The molecule has 0 aliphatic heterocycles. The molecule has 5 nitrogen and oxygen atoms in total. The van der Waals surface area contributed by atoms with Crippen LogP contribution in [0.3, 0.4) is 0 Å². The predicted octanol–water partition coefficient (Wildman–Crippen LogP) is 2.49. The second-order valence-electron chi connectivity index (χ2n) is 3.89. The molecule has 1 aromatic heterocycles. The minimum Gasteiger partial charge on any atom is -0.326 e. The summed E-state index contributed by atoms with van der Waals surface area (Å²) >= 11 is 5.06. The van der Waals surface area contributed by atoms with Gasteiger partial charge in [0.15, 0.2) is 10.6 Å². The normalized spacial score (nSPS) is 10.3. The molecule has 0 radical (unpaired) electrons. The second kappa shape index (κ2) is 5.14. The van der Waals surface area contributed by atoms with Gasteiger partial charge in [-0.3, -0.25) is 9.89 Å². The van der Waals surface area contributed by atoms with Gasteiger partial charge < -0.3 is 9.88 Å². The van der Waals surface area contributed by atoms with E-state index in [0.29, 0.717) is 11.2 Å². The van der Waals surface area contributed by atoms with Gasteiger partial charge in [-0.2, -0.15) is 5.10 Å². The van der Waals surface area contributed by atoms with E-state index in [1.165, 1.54) is 0 Å². The summed E-state index contributed by atoms with van der Waals surface area (Å²) in [5.74, 6) is 0.772. The van der Waals surface area contributed by atoms with Crippen LogP contribution in [0, 0.1) is 4.77 Å². The molecule has 0 bridgehead atoms. The molecule has 0 spiro atoms. The molecule has 0 atom stereocenters. The Kier molecular flexibility index (Phi) is 3.57. The molecule has 1 amide bonds. The first-order valence-electron chi connectivity index (χ1n) is 5.63. The Bertz CT molecular complexity index is 612. The summed E-state index contributed by atoms with van der Waals surface area (Å²) < 4.78 is 2.38. The molecule has 18 heavy (non-hydrogen) atoms. The zero-order valence-corrected chi connectivity index (χ0v) is 11.0. The quantitative estimate of drug-likeness (QED) is 0.835. The minimum absolute atomic E-state index is 0.000851. The molecular formula is C12H14N4OS. The highest BCUT2D eigenvalue weighted by Crippen LogP contribution is 2.19. The third-order valence-electron chi connectivity index (χ3n) is 2.63. The third-order valence-corrected chi connectivity index (χ3v) is 2.99. The van der Waals surface area contributed by atoms with Crippen molar-refractivity contribution in [1.82, 2.24) is 14.8 Å². The first-order chi connectivity index (χ1) is 8.61. The number of aromatic nitrogens is 3.